The monoisotopic (exact) mass is 474 g/mol. The van der Waals surface area contributed by atoms with Gasteiger partial charge in [0.15, 0.2) is 9.84 Å². The van der Waals surface area contributed by atoms with Crippen LogP contribution in [0.25, 0.3) is 11.9 Å². The second-order valence-corrected chi connectivity index (χ2v) is 11.6. The lowest BCUT2D eigenvalue weighted by atomic mass is 10.1. The summed E-state index contributed by atoms with van der Waals surface area (Å²) in [6, 6.07) is 3.99. The van der Waals surface area contributed by atoms with E-state index in [0.717, 1.165) is 35.6 Å². The van der Waals surface area contributed by atoms with Crippen LogP contribution in [0.4, 0.5) is 0 Å². The number of sulfone groups is 1. The van der Waals surface area contributed by atoms with Crippen molar-refractivity contribution in [1.82, 2.24) is 19.2 Å². The average Bonchev–Trinajstić information content (AvgIpc) is 3.52. The molecule has 0 bridgehead atoms. The molecule has 0 aliphatic carbocycles. The molecule has 2 saturated heterocycles. The normalized spacial score (nSPS) is 22.6. The van der Waals surface area contributed by atoms with Gasteiger partial charge >= 0.3 is 0 Å². The molecule has 4 rings (SSSR count). The van der Waals surface area contributed by atoms with Crippen LogP contribution in [0.2, 0.25) is 0 Å². The summed E-state index contributed by atoms with van der Waals surface area (Å²) in [5, 5.41) is 4.44. The van der Waals surface area contributed by atoms with Crippen LogP contribution in [0, 0.1) is 13.8 Å². The van der Waals surface area contributed by atoms with E-state index in [-0.39, 0.29) is 35.6 Å². The number of carbonyl (C=O) groups is 1. The van der Waals surface area contributed by atoms with Gasteiger partial charge in [0.25, 0.3) is 0 Å². The molecule has 0 aromatic carbocycles. The van der Waals surface area contributed by atoms with Crippen LogP contribution in [-0.4, -0.2) is 70.4 Å². The maximum absolute atomic E-state index is 13.2. The minimum atomic E-state index is -3.09. The molecule has 4 heterocycles. The molecule has 33 heavy (non-hydrogen) atoms. The van der Waals surface area contributed by atoms with E-state index >= 15 is 0 Å². The van der Waals surface area contributed by atoms with Crippen LogP contribution < -0.4 is 0 Å². The van der Waals surface area contributed by atoms with Crippen molar-refractivity contribution in [2.75, 3.05) is 24.7 Å². The fraction of sp³-hybridized carbons (Fsp3) is 0.583. The molecule has 2 aromatic rings. The number of aromatic nitrogens is 3. The van der Waals surface area contributed by atoms with Crippen molar-refractivity contribution >= 4 is 21.8 Å². The van der Waals surface area contributed by atoms with E-state index in [9.17, 15) is 13.2 Å². The molecule has 2 unspecified atom stereocenters. The molecule has 8 nitrogen and oxygen atoms in total. The van der Waals surface area contributed by atoms with Gasteiger partial charge < -0.3 is 14.2 Å². The summed E-state index contributed by atoms with van der Waals surface area (Å²) in [4.78, 5) is 15.0. The number of ether oxygens (including phenoxy) is 1. The Bertz CT molecular complexity index is 1140. The molecule has 2 fully saturated rings. The number of hydrogen-bond acceptors (Lipinski definition) is 5. The van der Waals surface area contributed by atoms with Crippen molar-refractivity contribution in [2.45, 2.75) is 65.1 Å². The fourth-order valence-electron chi connectivity index (χ4n) is 4.90. The number of aryl methyl sites for hydroxylation is 1. The van der Waals surface area contributed by atoms with Gasteiger partial charge in [-0.05, 0) is 64.7 Å². The quantitative estimate of drug-likeness (QED) is 0.576. The van der Waals surface area contributed by atoms with Gasteiger partial charge in [0, 0.05) is 48.8 Å². The number of rotatable bonds is 7. The van der Waals surface area contributed by atoms with E-state index in [4.69, 9.17) is 4.74 Å². The molecule has 2 aliphatic rings. The largest absolute Gasteiger partial charge is 0.376 e. The van der Waals surface area contributed by atoms with Crippen molar-refractivity contribution in [1.29, 1.82) is 0 Å². The van der Waals surface area contributed by atoms with E-state index in [1.807, 2.05) is 30.7 Å². The maximum Gasteiger partial charge on any atom is 0.246 e. The molecule has 180 valence electrons. The summed E-state index contributed by atoms with van der Waals surface area (Å²) in [5.41, 5.74) is 3.03. The first-order valence-electron chi connectivity index (χ1n) is 11.7. The second-order valence-electron chi connectivity index (χ2n) is 9.41. The smallest absolute Gasteiger partial charge is 0.246 e. The van der Waals surface area contributed by atoms with Crippen molar-refractivity contribution in [3.8, 4) is 5.82 Å². The van der Waals surface area contributed by atoms with E-state index in [1.165, 1.54) is 0 Å². The van der Waals surface area contributed by atoms with Gasteiger partial charge in [-0.15, -0.1) is 0 Å². The summed E-state index contributed by atoms with van der Waals surface area (Å²) in [7, 11) is -3.09. The van der Waals surface area contributed by atoms with Gasteiger partial charge in [0.05, 0.1) is 23.8 Å². The van der Waals surface area contributed by atoms with E-state index in [0.29, 0.717) is 19.6 Å². The van der Waals surface area contributed by atoms with Gasteiger partial charge in [-0.25, -0.2) is 13.1 Å². The maximum atomic E-state index is 13.2. The standard InChI is InChI=1S/C24H34N4O4S/c1-17(2)28-23(9-11-25-28)27-18(3)14-20(19(27)4)7-8-24(29)26(15-22-6-5-12-32-22)21-10-13-33(30,31)16-21/h7-9,11,14,17,21-22H,5-6,10,12-13,15-16H2,1-4H3. The predicted octanol–water partition coefficient (Wildman–Crippen LogP) is 3.08. The zero-order valence-corrected chi connectivity index (χ0v) is 20.7. The van der Waals surface area contributed by atoms with Crippen LogP contribution in [-0.2, 0) is 19.4 Å². The SMILES string of the molecule is Cc1cc(C=CC(=O)N(CC2CCCO2)C2CCS(=O)(=O)C2)c(C)n1-c1ccnn1C(C)C. The Morgan fingerprint density at radius 2 is 2.12 bits per heavy atom. The minimum absolute atomic E-state index is 0.0213. The minimum Gasteiger partial charge on any atom is -0.376 e. The van der Waals surface area contributed by atoms with Crippen molar-refractivity contribution < 1.29 is 17.9 Å². The zero-order valence-electron chi connectivity index (χ0n) is 19.9. The van der Waals surface area contributed by atoms with E-state index < -0.39 is 9.84 Å². The molecule has 2 atom stereocenters. The highest BCUT2D eigenvalue weighted by molar-refractivity contribution is 7.91. The van der Waals surface area contributed by atoms with Crippen LogP contribution in [0.3, 0.4) is 0 Å². The highest BCUT2D eigenvalue weighted by atomic mass is 32.2. The van der Waals surface area contributed by atoms with Crippen LogP contribution in [0.1, 0.15) is 56.1 Å². The molecule has 2 aliphatic heterocycles. The Balaban J connectivity index is 1.57. The molecule has 0 saturated carbocycles. The van der Waals surface area contributed by atoms with Gasteiger partial charge in [0.2, 0.25) is 5.91 Å². The predicted molar refractivity (Wildman–Crippen MR) is 128 cm³/mol. The van der Waals surface area contributed by atoms with Crippen molar-refractivity contribution in [3.05, 3.63) is 41.4 Å². The Kier molecular flexibility index (Phi) is 6.81. The first kappa shape index (κ1) is 23.8. The highest BCUT2D eigenvalue weighted by Gasteiger charge is 2.35. The zero-order chi connectivity index (χ0) is 23.8. The summed E-state index contributed by atoms with van der Waals surface area (Å²) in [5.74, 6) is 1.00. The molecule has 2 aromatic heterocycles. The van der Waals surface area contributed by atoms with Crippen LogP contribution in [0.15, 0.2) is 24.4 Å². The van der Waals surface area contributed by atoms with Crippen molar-refractivity contribution in [2.24, 2.45) is 0 Å². The summed E-state index contributed by atoms with van der Waals surface area (Å²) < 4.78 is 34.0. The molecule has 0 spiro atoms. The van der Waals surface area contributed by atoms with Gasteiger partial charge in [0.1, 0.15) is 5.82 Å². The number of carbonyl (C=O) groups excluding carboxylic acids is 1. The Morgan fingerprint density at radius 3 is 2.76 bits per heavy atom. The van der Waals surface area contributed by atoms with Crippen LogP contribution >= 0.6 is 0 Å². The average molecular weight is 475 g/mol. The summed E-state index contributed by atoms with van der Waals surface area (Å²) in [6.45, 7) is 9.39. The number of amides is 1. The summed E-state index contributed by atoms with van der Waals surface area (Å²) >= 11 is 0. The van der Waals surface area contributed by atoms with E-state index in [2.05, 4.69) is 29.6 Å². The molecule has 0 radical (unpaired) electrons. The Hall–Kier alpha value is -2.39. The third kappa shape index (κ3) is 5.09. The Labute approximate surface area is 196 Å². The number of nitrogens with zero attached hydrogens (tertiary/aromatic N) is 4. The lowest BCUT2D eigenvalue weighted by Crippen LogP contribution is -2.44. The highest BCUT2D eigenvalue weighted by Crippen LogP contribution is 2.25. The molecular formula is C24H34N4O4S. The first-order chi connectivity index (χ1) is 15.7. The van der Waals surface area contributed by atoms with Crippen molar-refractivity contribution in [3.63, 3.8) is 0 Å². The second kappa shape index (κ2) is 9.46. The van der Waals surface area contributed by atoms with E-state index in [1.54, 1.807) is 17.2 Å². The van der Waals surface area contributed by atoms with Crippen LogP contribution in [0.5, 0.6) is 0 Å². The fourth-order valence-corrected chi connectivity index (χ4v) is 6.63. The first-order valence-corrected chi connectivity index (χ1v) is 13.5. The molecule has 0 N–H and O–H groups in total. The third-order valence-corrected chi connectivity index (χ3v) is 8.35. The summed E-state index contributed by atoms with van der Waals surface area (Å²) in [6.07, 6.45) is 7.55. The molecular weight excluding hydrogens is 440 g/mol. The topological polar surface area (TPSA) is 86.4 Å². The van der Waals surface area contributed by atoms with Gasteiger partial charge in [-0.1, -0.05) is 0 Å². The number of hydrogen-bond donors (Lipinski definition) is 0. The van der Waals surface area contributed by atoms with Gasteiger partial charge in [-0.3, -0.25) is 4.79 Å². The Morgan fingerprint density at radius 1 is 1.33 bits per heavy atom. The lowest BCUT2D eigenvalue weighted by Gasteiger charge is -2.29. The third-order valence-electron chi connectivity index (χ3n) is 6.60. The molecule has 1 amide bonds. The lowest BCUT2D eigenvalue weighted by molar-refractivity contribution is -0.129. The van der Waals surface area contributed by atoms with Gasteiger partial charge in [-0.2, -0.15) is 5.10 Å². The molecule has 9 heteroatoms.